The van der Waals surface area contributed by atoms with Crippen LogP contribution in [0.5, 0.6) is 5.75 Å². The zero-order valence-corrected chi connectivity index (χ0v) is 11.3. The van der Waals surface area contributed by atoms with E-state index in [1.54, 1.807) is 24.6 Å². The fraction of sp³-hybridized carbons (Fsp3) is 0.0769. The summed E-state index contributed by atoms with van der Waals surface area (Å²) in [6, 6.07) is 7.08. The Morgan fingerprint density at radius 2 is 1.85 bits per heavy atom. The van der Waals surface area contributed by atoms with Crippen LogP contribution < -0.4 is 10.2 Å². The first-order chi connectivity index (χ1) is 9.49. The summed E-state index contributed by atoms with van der Waals surface area (Å²) in [5, 5.41) is 22.6. The van der Waals surface area contributed by atoms with Crippen LogP contribution in [0.1, 0.15) is 10.4 Å². The first-order valence-electron chi connectivity index (χ1n) is 5.63. The van der Waals surface area contributed by atoms with Crippen LogP contribution >= 0.6 is 11.3 Å². The maximum atomic E-state index is 12.0. The molecule has 2 amide bonds. The van der Waals surface area contributed by atoms with E-state index in [2.05, 4.69) is 5.32 Å². The molecule has 0 spiro atoms. The summed E-state index contributed by atoms with van der Waals surface area (Å²) in [6.45, 7) is 0. The number of amides is 2. The lowest BCUT2D eigenvalue weighted by molar-refractivity contribution is 0.0698. The molecule has 6 nitrogen and oxygen atoms in total. The average Bonchev–Trinajstić information content (AvgIpc) is 2.87. The number of nitrogens with one attached hydrogen (secondary N) is 1. The second-order valence-corrected chi connectivity index (χ2v) is 4.89. The van der Waals surface area contributed by atoms with Gasteiger partial charge in [-0.15, -0.1) is 11.3 Å². The Kier molecular flexibility index (Phi) is 3.90. The third-order valence-corrected chi connectivity index (χ3v) is 3.49. The van der Waals surface area contributed by atoms with Crippen LogP contribution in [-0.2, 0) is 0 Å². The van der Waals surface area contributed by atoms with Crippen molar-refractivity contribution in [1.29, 1.82) is 0 Å². The molecule has 2 rings (SSSR count). The third-order valence-electron chi connectivity index (χ3n) is 2.66. The van der Waals surface area contributed by atoms with Gasteiger partial charge in [-0.1, -0.05) is 0 Å². The quantitative estimate of drug-likeness (QED) is 0.811. The van der Waals surface area contributed by atoms with E-state index < -0.39 is 12.0 Å². The van der Waals surface area contributed by atoms with Crippen molar-refractivity contribution < 1.29 is 19.8 Å². The molecule has 0 radical (unpaired) electrons. The third kappa shape index (κ3) is 2.89. The highest BCUT2D eigenvalue weighted by Gasteiger charge is 2.16. The number of carboxylic acid groups (broad SMARTS) is 1. The molecule has 0 saturated carbocycles. The number of carbonyl (C=O) groups excluding carboxylic acids is 1. The van der Waals surface area contributed by atoms with E-state index in [4.69, 9.17) is 5.11 Å². The number of anilines is 2. The maximum absolute atomic E-state index is 12.0. The molecule has 104 valence electrons. The van der Waals surface area contributed by atoms with Crippen LogP contribution in [0.15, 0.2) is 35.7 Å². The number of aromatic carboxylic acids is 1. The molecule has 0 atom stereocenters. The van der Waals surface area contributed by atoms with Gasteiger partial charge in [0.1, 0.15) is 10.8 Å². The molecule has 0 saturated heterocycles. The highest BCUT2D eigenvalue weighted by Crippen LogP contribution is 2.24. The van der Waals surface area contributed by atoms with Crippen molar-refractivity contribution in [2.75, 3.05) is 17.3 Å². The van der Waals surface area contributed by atoms with Gasteiger partial charge < -0.3 is 10.2 Å². The lowest BCUT2D eigenvalue weighted by Gasteiger charge is -2.17. The normalized spacial score (nSPS) is 10.1. The molecule has 0 fully saturated rings. The van der Waals surface area contributed by atoms with Gasteiger partial charge in [0.2, 0.25) is 0 Å². The molecule has 1 heterocycles. The van der Waals surface area contributed by atoms with Crippen LogP contribution in [0.25, 0.3) is 0 Å². The van der Waals surface area contributed by atoms with Crippen molar-refractivity contribution in [1.82, 2.24) is 0 Å². The minimum Gasteiger partial charge on any atom is -0.508 e. The van der Waals surface area contributed by atoms with E-state index in [0.717, 1.165) is 11.3 Å². The topological polar surface area (TPSA) is 89.9 Å². The summed E-state index contributed by atoms with van der Waals surface area (Å²) in [7, 11) is 1.55. The standard InChI is InChI=1S/C13H12N2O4S/c1-15(8-2-4-9(16)5-3-8)13(19)14-11-10(12(17)18)6-7-20-11/h2-7,16H,1H3,(H,14,19)(H,17,18). The predicted molar refractivity (Wildman–Crippen MR) is 76.8 cm³/mol. The molecule has 3 N–H and O–H groups in total. The molecule has 0 aliphatic heterocycles. The number of phenolic OH excluding ortho intramolecular Hbond substituents is 1. The number of urea groups is 1. The average molecular weight is 292 g/mol. The Hall–Kier alpha value is -2.54. The van der Waals surface area contributed by atoms with E-state index in [1.165, 1.54) is 23.1 Å². The lowest BCUT2D eigenvalue weighted by atomic mass is 10.3. The maximum Gasteiger partial charge on any atom is 0.338 e. The van der Waals surface area contributed by atoms with E-state index in [-0.39, 0.29) is 16.3 Å². The van der Waals surface area contributed by atoms with Crippen molar-refractivity contribution >= 4 is 34.0 Å². The molecule has 7 heteroatoms. The Labute approximate surface area is 118 Å². The smallest absolute Gasteiger partial charge is 0.338 e. The van der Waals surface area contributed by atoms with E-state index in [9.17, 15) is 14.7 Å². The van der Waals surface area contributed by atoms with Gasteiger partial charge >= 0.3 is 12.0 Å². The van der Waals surface area contributed by atoms with Gasteiger partial charge in [0.25, 0.3) is 0 Å². The van der Waals surface area contributed by atoms with Gasteiger partial charge in [-0.25, -0.2) is 9.59 Å². The number of hydrogen-bond donors (Lipinski definition) is 3. The Bertz CT molecular complexity index is 636. The van der Waals surface area contributed by atoms with Gasteiger partial charge in [-0.3, -0.25) is 10.2 Å². The van der Waals surface area contributed by atoms with Crippen molar-refractivity contribution in [3.05, 3.63) is 41.3 Å². The Balaban J connectivity index is 2.13. The Morgan fingerprint density at radius 3 is 2.45 bits per heavy atom. The molecular weight excluding hydrogens is 280 g/mol. The number of thiophene rings is 1. The van der Waals surface area contributed by atoms with Crippen molar-refractivity contribution in [2.45, 2.75) is 0 Å². The Morgan fingerprint density at radius 1 is 1.20 bits per heavy atom. The molecule has 0 aliphatic carbocycles. The zero-order valence-electron chi connectivity index (χ0n) is 10.5. The largest absolute Gasteiger partial charge is 0.508 e. The molecule has 1 aromatic heterocycles. The number of aromatic hydroxyl groups is 1. The molecule has 0 aliphatic rings. The van der Waals surface area contributed by atoms with Crippen molar-refractivity contribution in [3.63, 3.8) is 0 Å². The minimum atomic E-state index is -1.09. The summed E-state index contributed by atoms with van der Waals surface area (Å²) in [4.78, 5) is 24.3. The van der Waals surface area contributed by atoms with Crippen molar-refractivity contribution in [3.8, 4) is 5.75 Å². The number of nitrogens with zero attached hydrogens (tertiary/aromatic N) is 1. The summed E-state index contributed by atoms with van der Waals surface area (Å²) in [6.07, 6.45) is 0. The van der Waals surface area contributed by atoms with Crippen LogP contribution in [-0.4, -0.2) is 29.3 Å². The lowest BCUT2D eigenvalue weighted by Crippen LogP contribution is -2.31. The van der Waals surface area contributed by atoms with Crippen molar-refractivity contribution in [2.24, 2.45) is 0 Å². The SMILES string of the molecule is CN(C(=O)Nc1sccc1C(=O)O)c1ccc(O)cc1. The summed E-state index contributed by atoms with van der Waals surface area (Å²) >= 11 is 1.14. The van der Waals surface area contributed by atoms with Gasteiger partial charge in [-0.2, -0.15) is 0 Å². The molecule has 2 aromatic rings. The van der Waals surface area contributed by atoms with Gasteiger partial charge in [0.15, 0.2) is 0 Å². The summed E-state index contributed by atoms with van der Waals surface area (Å²) < 4.78 is 0. The second-order valence-electron chi connectivity index (χ2n) is 3.97. The predicted octanol–water partition coefficient (Wildman–Crippen LogP) is 2.82. The molecule has 0 unspecified atom stereocenters. The number of carbonyl (C=O) groups is 2. The number of rotatable bonds is 3. The van der Waals surface area contributed by atoms with E-state index >= 15 is 0 Å². The number of carboxylic acids is 1. The second kappa shape index (κ2) is 5.62. The highest BCUT2D eigenvalue weighted by atomic mass is 32.1. The van der Waals surface area contributed by atoms with Crippen LogP contribution in [0.2, 0.25) is 0 Å². The number of phenols is 1. The number of hydrogen-bond acceptors (Lipinski definition) is 4. The fourth-order valence-corrected chi connectivity index (χ4v) is 2.32. The monoisotopic (exact) mass is 292 g/mol. The van der Waals surface area contributed by atoms with Gasteiger partial charge in [0, 0.05) is 12.7 Å². The highest BCUT2D eigenvalue weighted by molar-refractivity contribution is 7.14. The van der Waals surface area contributed by atoms with Gasteiger partial charge in [0.05, 0.1) is 5.56 Å². The van der Waals surface area contributed by atoms with Crippen LogP contribution in [0, 0.1) is 0 Å². The summed E-state index contributed by atoms with van der Waals surface area (Å²) in [5.41, 5.74) is 0.635. The molecule has 1 aromatic carbocycles. The first-order valence-corrected chi connectivity index (χ1v) is 6.51. The zero-order chi connectivity index (χ0) is 14.7. The van der Waals surface area contributed by atoms with E-state index in [0.29, 0.717) is 5.69 Å². The van der Waals surface area contributed by atoms with Gasteiger partial charge in [-0.05, 0) is 35.7 Å². The van der Waals surface area contributed by atoms with E-state index in [1.807, 2.05) is 0 Å². The molecular formula is C13H12N2O4S. The fourth-order valence-electron chi connectivity index (χ4n) is 1.55. The minimum absolute atomic E-state index is 0.0578. The first kappa shape index (κ1) is 13.9. The molecule has 0 bridgehead atoms. The van der Waals surface area contributed by atoms with Crippen LogP contribution in [0.3, 0.4) is 0 Å². The number of benzene rings is 1. The van der Waals surface area contributed by atoms with Crippen LogP contribution in [0.4, 0.5) is 15.5 Å². The molecule has 20 heavy (non-hydrogen) atoms. The summed E-state index contributed by atoms with van der Waals surface area (Å²) in [5.74, 6) is -0.984.